The molecule has 0 aliphatic heterocycles. The van der Waals surface area contributed by atoms with Crippen molar-refractivity contribution >= 4 is 17.9 Å². The van der Waals surface area contributed by atoms with Gasteiger partial charge in [-0.1, -0.05) is 301 Å². The average molecular weight is 1040 g/mol. The molecule has 0 aliphatic carbocycles. The third-order valence-electron chi connectivity index (χ3n) is 14.9. The van der Waals surface area contributed by atoms with Gasteiger partial charge in [-0.05, 0) is 77.0 Å². The molecule has 0 aromatic heterocycles. The quantitative estimate of drug-likeness (QED) is 0.0261. The van der Waals surface area contributed by atoms with Crippen molar-refractivity contribution in [3.05, 3.63) is 36.5 Å². The molecule has 0 rings (SSSR count). The summed E-state index contributed by atoms with van der Waals surface area (Å²) in [5, 5.41) is 0. The number of ether oxygens (including phenoxy) is 3. The maximum absolute atomic E-state index is 12.8. The minimum absolute atomic E-state index is 0.0732. The molecule has 0 heterocycles. The van der Waals surface area contributed by atoms with E-state index >= 15 is 0 Å². The fourth-order valence-electron chi connectivity index (χ4n) is 9.88. The lowest BCUT2D eigenvalue weighted by atomic mass is 10.0. The molecule has 0 aromatic rings. The summed E-state index contributed by atoms with van der Waals surface area (Å²) in [6, 6.07) is 0. The van der Waals surface area contributed by atoms with Gasteiger partial charge < -0.3 is 14.2 Å². The molecule has 0 bridgehead atoms. The first kappa shape index (κ1) is 71.6. The lowest BCUT2D eigenvalue weighted by Crippen LogP contribution is -2.30. The van der Waals surface area contributed by atoms with E-state index in [9.17, 15) is 14.4 Å². The van der Waals surface area contributed by atoms with Crippen LogP contribution in [0.4, 0.5) is 0 Å². The van der Waals surface area contributed by atoms with Crippen LogP contribution in [0.15, 0.2) is 36.5 Å². The van der Waals surface area contributed by atoms with Crippen LogP contribution < -0.4 is 0 Å². The second-order valence-electron chi connectivity index (χ2n) is 22.4. The first-order chi connectivity index (χ1) is 36.5. The number of esters is 3. The summed E-state index contributed by atoms with van der Waals surface area (Å²) in [6.07, 6.45) is 77.6. The standard InChI is InChI=1S/C68H126O6/c1-4-7-10-13-16-19-21-23-25-27-28-29-30-31-32-33-34-35-36-37-38-39-40-41-43-44-46-49-52-55-58-61-67(70)73-64-65(63-72-66(69)60-57-54-51-48-18-15-12-9-6-3)74-68(71)62-59-56-53-50-47-45-42-26-24-22-20-17-14-11-8-5-2/h20,22,26-28,42,65H,4-19,21,23-25,29-41,43-64H2,1-3H3/b22-20-,28-27-,42-26-. The molecule has 0 spiro atoms. The van der Waals surface area contributed by atoms with Crippen molar-refractivity contribution in [1.29, 1.82) is 0 Å². The van der Waals surface area contributed by atoms with Gasteiger partial charge in [0.05, 0.1) is 0 Å². The van der Waals surface area contributed by atoms with E-state index in [1.165, 1.54) is 244 Å². The molecule has 0 aromatic carbocycles. The first-order valence-corrected chi connectivity index (χ1v) is 33.0. The molecule has 0 N–H and O–H groups in total. The Morgan fingerprint density at radius 2 is 0.486 bits per heavy atom. The van der Waals surface area contributed by atoms with Gasteiger partial charge in [-0.25, -0.2) is 0 Å². The number of carbonyl (C=O) groups is 3. The smallest absolute Gasteiger partial charge is 0.306 e. The van der Waals surface area contributed by atoms with E-state index in [1.54, 1.807) is 0 Å². The Morgan fingerprint density at radius 3 is 0.770 bits per heavy atom. The van der Waals surface area contributed by atoms with E-state index in [1.807, 2.05) is 0 Å². The predicted octanol–water partition coefficient (Wildman–Crippen LogP) is 22.4. The summed E-state index contributed by atoms with van der Waals surface area (Å²) in [5.74, 6) is -0.869. The van der Waals surface area contributed by atoms with E-state index in [2.05, 4.69) is 57.2 Å². The van der Waals surface area contributed by atoms with Crippen LogP contribution in [0, 0.1) is 0 Å². The van der Waals surface area contributed by atoms with Gasteiger partial charge >= 0.3 is 17.9 Å². The SMILES string of the molecule is CCCCCC/C=C\C/C=C\CCCCCCCC(=O)OC(COC(=O)CCCCCCCCCCC)COC(=O)CCCCCCCCCCCCCCCCCCCCC/C=C\CCCCCCCCCC. The van der Waals surface area contributed by atoms with Crippen LogP contribution in [0.25, 0.3) is 0 Å². The third kappa shape index (κ3) is 60.5. The number of allylic oxidation sites excluding steroid dienone is 6. The molecule has 6 heteroatoms. The lowest BCUT2D eigenvalue weighted by molar-refractivity contribution is -0.167. The van der Waals surface area contributed by atoms with Gasteiger partial charge in [0.2, 0.25) is 0 Å². The van der Waals surface area contributed by atoms with Crippen molar-refractivity contribution in [1.82, 2.24) is 0 Å². The normalized spacial score (nSPS) is 12.2. The molecule has 0 radical (unpaired) electrons. The molecule has 434 valence electrons. The van der Waals surface area contributed by atoms with Crippen LogP contribution in [0.3, 0.4) is 0 Å². The van der Waals surface area contributed by atoms with E-state index in [0.717, 1.165) is 77.0 Å². The Bertz CT molecular complexity index is 1240. The molecule has 74 heavy (non-hydrogen) atoms. The zero-order chi connectivity index (χ0) is 53.6. The minimum Gasteiger partial charge on any atom is -0.462 e. The topological polar surface area (TPSA) is 78.9 Å². The molecule has 1 unspecified atom stereocenters. The zero-order valence-electron chi connectivity index (χ0n) is 49.9. The van der Waals surface area contributed by atoms with Crippen molar-refractivity contribution in [3.63, 3.8) is 0 Å². The van der Waals surface area contributed by atoms with Gasteiger partial charge in [0, 0.05) is 19.3 Å². The van der Waals surface area contributed by atoms with Crippen molar-refractivity contribution in [2.45, 2.75) is 367 Å². The fourth-order valence-corrected chi connectivity index (χ4v) is 9.88. The summed E-state index contributed by atoms with van der Waals surface area (Å²) < 4.78 is 16.9. The molecule has 0 saturated carbocycles. The van der Waals surface area contributed by atoms with Crippen LogP contribution in [-0.2, 0) is 28.6 Å². The lowest BCUT2D eigenvalue weighted by Gasteiger charge is -2.18. The Hall–Kier alpha value is -2.37. The molecule has 0 fully saturated rings. The van der Waals surface area contributed by atoms with Crippen LogP contribution in [0.1, 0.15) is 361 Å². The summed E-state index contributed by atoms with van der Waals surface area (Å²) in [7, 11) is 0. The predicted molar refractivity (Wildman–Crippen MR) is 321 cm³/mol. The van der Waals surface area contributed by atoms with Crippen LogP contribution in [0.2, 0.25) is 0 Å². The third-order valence-corrected chi connectivity index (χ3v) is 14.9. The number of hydrogen-bond acceptors (Lipinski definition) is 6. The van der Waals surface area contributed by atoms with E-state index in [0.29, 0.717) is 19.3 Å². The molecule has 0 amide bonds. The molecule has 0 saturated heterocycles. The molecule has 0 aliphatic rings. The monoisotopic (exact) mass is 1040 g/mol. The van der Waals surface area contributed by atoms with Gasteiger partial charge in [-0.2, -0.15) is 0 Å². The molecule has 6 nitrogen and oxygen atoms in total. The maximum atomic E-state index is 12.8. The van der Waals surface area contributed by atoms with E-state index in [-0.39, 0.29) is 31.1 Å². The van der Waals surface area contributed by atoms with Gasteiger partial charge in [0.1, 0.15) is 13.2 Å². The highest BCUT2D eigenvalue weighted by atomic mass is 16.6. The Morgan fingerprint density at radius 1 is 0.270 bits per heavy atom. The highest BCUT2D eigenvalue weighted by Gasteiger charge is 2.19. The van der Waals surface area contributed by atoms with Gasteiger partial charge in [0.25, 0.3) is 0 Å². The summed E-state index contributed by atoms with van der Waals surface area (Å²) in [6.45, 7) is 6.64. The summed E-state index contributed by atoms with van der Waals surface area (Å²) in [4.78, 5) is 38.1. The molecular formula is C68H126O6. The Labute approximate surface area is 461 Å². The molecular weight excluding hydrogens is 913 g/mol. The van der Waals surface area contributed by atoms with Gasteiger partial charge in [-0.3, -0.25) is 14.4 Å². The van der Waals surface area contributed by atoms with Crippen molar-refractivity contribution in [2.75, 3.05) is 13.2 Å². The van der Waals surface area contributed by atoms with Gasteiger partial charge in [-0.15, -0.1) is 0 Å². The van der Waals surface area contributed by atoms with E-state index < -0.39 is 6.10 Å². The summed E-state index contributed by atoms with van der Waals surface area (Å²) >= 11 is 0. The number of unbranched alkanes of at least 4 members (excludes halogenated alkanes) is 44. The van der Waals surface area contributed by atoms with Crippen LogP contribution >= 0.6 is 0 Å². The zero-order valence-corrected chi connectivity index (χ0v) is 49.9. The largest absolute Gasteiger partial charge is 0.462 e. The fraction of sp³-hybridized carbons (Fsp3) is 0.868. The minimum atomic E-state index is -0.775. The van der Waals surface area contributed by atoms with Gasteiger partial charge in [0.15, 0.2) is 6.10 Å². The summed E-state index contributed by atoms with van der Waals surface area (Å²) in [5.41, 5.74) is 0. The van der Waals surface area contributed by atoms with Crippen molar-refractivity contribution in [2.24, 2.45) is 0 Å². The van der Waals surface area contributed by atoms with Crippen molar-refractivity contribution < 1.29 is 28.6 Å². The average Bonchev–Trinajstić information content (AvgIpc) is 3.40. The van der Waals surface area contributed by atoms with Crippen LogP contribution in [0.5, 0.6) is 0 Å². The van der Waals surface area contributed by atoms with Crippen LogP contribution in [-0.4, -0.2) is 37.2 Å². The molecule has 1 atom stereocenters. The maximum Gasteiger partial charge on any atom is 0.306 e. The second kappa shape index (κ2) is 63.2. The Balaban J connectivity index is 4.05. The van der Waals surface area contributed by atoms with E-state index in [4.69, 9.17) is 14.2 Å². The Kier molecular flexibility index (Phi) is 61.1. The number of carbonyl (C=O) groups excluding carboxylic acids is 3. The number of hydrogen-bond donors (Lipinski definition) is 0. The first-order valence-electron chi connectivity index (χ1n) is 33.0. The second-order valence-corrected chi connectivity index (χ2v) is 22.4. The number of rotatable bonds is 61. The highest BCUT2D eigenvalue weighted by Crippen LogP contribution is 2.18. The van der Waals surface area contributed by atoms with Crippen molar-refractivity contribution in [3.8, 4) is 0 Å². The highest BCUT2D eigenvalue weighted by molar-refractivity contribution is 5.71.